The Bertz CT molecular complexity index is 479. The fraction of sp³-hybridized carbons (Fsp3) is 0.250. The molecule has 18 heavy (non-hydrogen) atoms. The molecule has 94 valence electrons. The number of halogens is 1. The van der Waals surface area contributed by atoms with E-state index in [0.717, 1.165) is 12.2 Å². The second-order valence-electron chi connectivity index (χ2n) is 4.40. The third-order valence-electron chi connectivity index (χ3n) is 2.63. The molecule has 0 aliphatic heterocycles. The van der Waals surface area contributed by atoms with Crippen LogP contribution in [0, 0.1) is 0 Å². The molecular weight excluding hydrogens is 244 g/mol. The van der Waals surface area contributed by atoms with Gasteiger partial charge in [-0.2, -0.15) is 0 Å². The van der Waals surface area contributed by atoms with Gasteiger partial charge in [-0.25, -0.2) is 0 Å². The molecule has 0 heterocycles. The summed E-state index contributed by atoms with van der Waals surface area (Å²) in [6, 6.07) is 18.6. The van der Waals surface area contributed by atoms with Crippen molar-refractivity contribution in [1.82, 2.24) is 0 Å². The summed E-state index contributed by atoms with van der Waals surface area (Å²) < 4.78 is 5.61. The molecule has 1 nitrogen and oxygen atoms in total. The van der Waals surface area contributed by atoms with Gasteiger partial charge in [0.2, 0.25) is 0 Å². The molecule has 0 spiro atoms. The van der Waals surface area contributed by atoms with Gasteiger partial charge in [0.05, 0.1) is 5.38 Å². The Labute approximate surface area is 113 Å². The zero-order valence-electron chi connectivity index (χ0n) is 10.5. The van der Waals surface area contributed by atoms with Gasteiger partial charge in [-0.1, -0.05) is 42.5 Å². The van der Waals surface area contributed by atoms with Crippen molar-refractivity contribution in [2.45, 2.75) is 18.7 Å². The fourth-order valence-electron chi connectivity index (χ4n) is 1.79. The van der Waals surface area contributed by atoms with Crippen molar-refractivity contribution >= 4 is 11.6 Å². The lowest BCUT2D eigenvalue weighted by atomic mass is 10.1. The molecule has 0 aliphatic rings. The highest BCUT2D eigenvalue weighted by Crippen LogP contribution is 2.17. The summed E-state index contributed by atoms with van der Waals surface area (Å²) in [5.41, 5.74) is 2.56. The van der Waals surface area contributed by atoms with Crippen LogP contribution in [0.5, 0.6) is 5.75 Å². The minimum atomic E-state index is 0.0304. The first-order valence-electron chi connectivity index (χ1n) is 6.14. The Kier molecular flexibility index (Phi) is 4.66. The second kappa shape index (κ2) is 6.46. The summed E-state index contributed by atoms with van der Waals surface area (Å²) in [4.78, 5) is 0. The Morgan fingerprint density at radius 1 is 1.00 bits per heavy atom. The van der Waals surface area contributed by atoms with Crippen LogP contribution in [0.25, 0.3) is 0 Å². The maximum Gasteiger partial charge on any atom is 0.119 e. The molecule has 0 fully saturated rings. The Balaban J connectivity index is 2.03. The molecule has 0 saturated carbocycles. The van der Waals surface area contributed by atoms with Crippen molar-refractivity contribution in [3.63, 3.8) is 0 Å². The molecule has 2 aromatic carbocycles. The zero-order valence-corrected chi connectivity index (χ0v) is 11.2. The summed E-state index contributed by atoms with van der Waals surface area (Å²) in [7, 11) is 0. The maximum atomic E-state index is 5.87. The van der Waals surface area contributed by atoms with E-state index in [4.69, 9.17) is 16.3 Å². The molecule has 2 rings (SSSR count). The summed E-state index contributed by atoms with van der Waals surface area (Å²) in [5.74, 6) is 0.885. The summed E-state index contributed by atoms with van der Waals surface area (Å²) in [6.07, 6.45) is 0.925. The van der Waals surface area contributed by atoms with Crippen molar-refractivity contribution in [3.8, 4) is 5.75 Å². The average molecular weight is 261 g/mol. The molecule has 1 atom stereocenters. The van der Waals surface area contributed by atoms with Gasteiger partial charge in [-0.3, -0.25) is 0 Å². The van der Waals surface area contributed by atoms with Crippen molar-refractivity contribution in [1.29, 1.82) is 0 Å². The lowest BCUT2D eigenvalue weighted by molar-refractivity contribution is 0.320. The lowest BCUT2D eigenvalue weighted by Crippen LogP contribution is -2.07. The van der Waals surface area contributed by atoms with Gasteiger partial charge in [-0.05, 0) is 36.6 Å². The molecule has 0 radical (unpaired) electrons. The van der Waals surface area contributed by atoms with E-state index in [1.54, 1.807) is 0 Å². The third kappa shape index (κ3) is 4.08. The van der Waals surface area contributed by atoms with Gasteiger partial charge in [0.1, 0.15) is 12.4 Å². The summed E-state index contributed by atoms with van der Waals surface area (Å²) >= 11 is 5.87. The van der Waals surface area contributed by atoms with E-state index in [2.05, 4.69) is 36.4 Å². The van der Waals surface area contributed by atoms with E-state index in [0.29, 0.717) is 6.61 Å². The third-order valence-corrected chi connectivity index (χ3v) is 2.76. The summed E-state index contributed by atoms with van der Waals surface area (Å²) in [5, 5.41) is 0.0304. The highest BCUT2D eigenvalue weighted by molar-refractivity contribution is 6.20. The van der Waals surface area contributed by atoms with Crippen molar-refractivity contribution in [2.75, 3.05) is 6.61 Å². The minimum absolute atomic E-state index is 0.0304. The molecule has 0 bridgehead atoms. The smallest absolute Gasteiger partial charge is 0.119 e. The highest BCUT2D eigenvalue weighted by Gasteiger charge is 2.01. The number of benzene rings is 2. The van der Waals surface area contributed by atoms with E-state index in [1.807, 2.05) is 25.1 Å². The number of hydrogen-bond acceptors (Lipinski definition) is 1. The van der Waals surface area contributed by atoms with Crippen LogP contribution in [0.3, 0.4) is 0 Å². The standard InChI is InChI=1S/C16H17ClO/c1-13(17)12-18-16-9-5-8-15(11-16)10-14-6-3-2-4-7-14/h2-9,11,13H,10,12H2,1H3. The first kappa shape index (κ1) is 13.0. The fourth-order valence-corrected chi connectivity index (χ4v) is 1.85. The predicted octanol–water partition coefficient (Wildman–Crippen LogP) is 4.28. The van der Waals surface area contributed by atoms with Gasteiger partial charge < -0.3 is 4.74 Å². The summed E-state index contributed by atoms with van der Waals surface area (Å²) in [6.45, 7) is 2.46. The van der Waals surface area contributed by atoms with E-state index >= 15 is 0 Å². The topological polar surface area (TPSA) is 9.23 Å². The number of alkyl halides is 1. The number of ether oxygens (including phenoxy) is 1. The maximum absolute atomic E-state index is 5.87. The van der Waals surface area contributed by atoms with E-state index < -0.39 is 0 Å². The molecular formula is C16H17ClO. The van der Waals surface area contributed by atoms with Crippen LogP contribution >= 0.6 is 11.6 Å². The van der Waals surface area contributed by atoms with Gasteiger partial charge in [0, 0.05) is 0 Å². The number of rotatable bonds is 5. The largest absolute Gasteiger partial charge is 0.492 e. The lowest BCUT2D eigenvalue weighted by Gasteiger charge is -2.09. The van der Waals surface area contributed by atoms with Gasteiger partial charge in [0.25, 0.3) is 0 Å². The molecule has 0 amide bonds. The van der Waals surface area contributed by atoms with E-state index in [1.165, 1.54) is 11.1 Å². The van der Waals surface area contributed by atoms with Crippen molar-refractivity contribution < 1.29 is 4.74 Å². The Morgan fingerprint density at radius 2 is 1.72 bits per heavy atom. The van der Waals surface area contributed by atoms with Crippen LogP contribution in [0.1, 0.15) is 18.1 Å². The van der Waals surface area contributed by atoms with Crippen LogP contribution in [0.2, 0.25) is 0 Å². The van der Waals surface area contributed by atoms with Crippen LogP contribution in [0.4, 0.5) is 0 Å². The first-order valence-corrected chi connectivity index (χ1v) is 6.57. The quantitative estimate of drug-likeness (QED) is 0.729. The van der Waals surface area contributed by atoms with E-state index in [-0.39, 0.29) is 5.38 Å². The predicted molar refractivity (Wildman–Crippen MR) is 76.5 cm³/mol. The van der Waals surface area contributed by atoms with Crippen molar-refractivity contribution in [2.24, 2.45) is 0 Å². The van der Waals surface area contributed by atoms with Gasteiger partial charge in [0.15, 0.2) is 0 Å². The Morgan fingerprint density at radius 3 is 2.44 bits per heavy atom. The molecule has 0 aromatic heterocycles. The second-order valence-corrected chi connectivity index (χ2v) is 5.15. The monoisotopic (exact) mass is 260 g/mol. The molecule has 0 saturated heterocycles. The SMILES string of the molecule is CC(Cl)COc1cccc(Cc2ccccc2)c1. The Hall–Kier alpha value is -1.47. The highest BCUT2D eigenvalue weighted by atomic mass is 35.5. The van der Waals surface area contributed by atoms with Crippen LogP contribution < -0.4 is 4.74 Å². The normalized spacial score (nSPS) is 12.1. The first-order chi connectivity index (χ1) is 8.74. The van der Waals surface area contributed by atoms with Crippen LogP contribution in [-0.2, 0) is 6.42 Å². The number of hydrogen-bond donors (Lipinski definition) is 0. The average Bonchev–Trinajstić information content (AvgIpc) is 2.38. The van der Waals surface area contributed by atoms with Crippen LogP contribution in [0.15, 0.2) is 54.6 Å². The van der Waals surface area contributed by atoms with E-state index in [9.17, 15) is 0 Å². The zero-order chi connectivity index (χ0) is 12.8. The molecule has 2 aromatic rings. The minimum Gasteiger partial charge on any atom is -0.492 e. The van der Waals surface area contributed by atoms with Crippen molar-refractivity contribution in [3.05, 3.63) is 65.7 Å². The van der Waals surface area contributed by atoms with Gasteiger partial charge in [-0.15, -0.1) is 11.6 Å². The van der Waals surface area contributed by atoms with Crippen LogP contribution in [-0.4, -0.2) is 12.0 Å². The molecule has 2 heteroatoms. The van der Waals surface area contributed by atoms with Gasteiger partial charge >= 0.3 is 0 Å². The molecule has 1 unspecified atom stereocenters. The molecule has 0 N–H and O–H groups in total. The molecule has 0 aliphatic carbocycles.